The van der Waals surface area contributed by atoms with Gasteiger partial charge >= 0.3 is 0 Å². The number of sulfone groups is 1. The van der Waals surface area contributed by atoms with Gasteiger partial charge in [0, 0.05) is 23.9 Å². The Bertz CT molecular complexity index is 876. The lowest BCUT2D eigenvalue weighted by atomic mass is 10.2. The fourth-order valence-corrected chi connectivity index (χ4v) is 2.98. The summed E-state index contributed by atoms with van der Waals surface area (Å²) in [5, 5.41) is 2.69. The number of nitrogens with one attached hydrogen (secondary N) is 1. The van der Waals surface area contributed by atoms with E-state index in [9.17, 15) is 13.2 Å². The van der Waals surface area contributed by atoms with E-state index in [1.807, 2.05) is 0 Å². The predicted molar refractivity (Wildman–Crippen MR) is 89.6 cm³/mol. The minimum Gasteiger partial charge on any atom is -0.490 e. The summed E-state index contributed by atoms with van der Waals surface area (Å²) in [5.74, 6) is 0.796. The largest absolute Gasteiger partial charge is 0.490 e. The van der Waals surface area contributed by atoms with Gasteiger partial charge in [-0.15, -0.1) is 0 Å². The van der Waals surface area contributed by atoms with Gasteiger partial charge in [0.05, 0.1) is 18.1 Å². The van der Waals surface area contributed by atoms with Crippen molar-refractivity contribution < 1.29 is 22.7 Å². The minimum atomic E-state index is -3.33. The highest BCUT2D eigenvalue weighted by atomic mass is 32.2. The molecule has 1 aliphatic heterocycles. The average Bonchev–Trinajstić information content (AvgIpc) is 2.78. The molecule has 0 saturated heterocycles. The van der Waals surface area contributed by atoms with Crippen molar-refractivity contribution >= 4 is 21.4 Å². The Labute approximate surface area is 140 Å². The third kappa shape index (κ3) is 3.68. The Morgan fingerprint density at radius 1 is 1.04 bits per heavy atom. The maximum atomic E-state index is 12.4. The molecule has 0 fully saturated rings. The highest BCUT2D eigenvalue weighted by Gasteiger charge is 2.15. The summed E-state index contributed by atoms with van der Waals surface area (Å²) in [4.78, 5) is 12.5. The van der Waals surface area contributed by atoms with Gasteiger partial charge in [-0.3, -0.25) is 4.79 Å². The molecule has 0 aliphatic carbocycles. The second kappa shape index (κ2) is 6.52. The summed E-state index contributed by atoms with van der Waals surface area (Å²) in [6.07, 6.45) is 1.91. The zero-order valence-corrected chi connectivity index (χ0v) is 13.9. The SMILES string of the molecule is CS(=O)(=O)c1cccc(NC(=O)c2ccc3c(c2)OCCCO3)c1. The van der Waals surface area contributed by atoms with E-state index in [1.54, 1.807) is 30.3 Å². The topological polar surface area (TPSA) is 81.7 Å². The van der Waals surface area contributed by atoms with Gasteiger partial charge in [-0.25, -0.2) is 8.42 Å². The van der Waals surface area contributed by atoms with Crippen LogP contribution in [-0.2, 0) is 9.84 Å². The van der Waals surface area contributed by atoms with Crippen molar-refractivity contribution in [2.45, 2.75) is 11.3 Å². The van der Waals surface area contributed by atoms with E-state index < -0.39 is 9.84 Å². The summed E-state index contributed by atoms with van der Waals surface area (Å²) in [5.41, 5.74) is 0.819. The highest BCUT2D eigenvalue weighted by Crippen LogP contribution is 2.30. The summed E-state index contributed by atoms with van der Waals surface area (Å²) in [6, 6.07) is 11.1. The van der Waals surface area contributed by atoms with E-state index in [4.69, 9.17) is 9.47 Å². The molecular weight excluding hydrogens is 330 g/mol. The lowest BCUT2D eigenvalue weighted by Crippen LogP contribution is -2.12. The van der Waals surface area contributed by atoms with Crippen molar-refractivity contribution in [1.82, 2.24) is 0 Å². The smallest absolute Gasteiger partial charge is 0.255 e. The first-order valence-electron chi connectivity index (χ1n) is 7.44. The molecule has 24 heavy (non-hydrogen) atoms. The number of rotatable bonds is 3. The number of ether oxygens (including phenoxy) is 2. The molecule has 2 aromatic carbocycles. The van der Waals surface area contributed by atoms with Crippen LogP contribution in [0, 0.1) is 0 Å². The molecular formula is C17H17NO5S. The normalized spacial score (nSPS) is 13.9. The average molecular weight is 347 g/mol. The number of hydrogen-bond donors (Lipinski definition) is 1. The first kappa shape index (κ1) is 16.3. The number of anilines is 1. The van der Waals surface area contributed by atoms with E-state index in [1.165, 1.54) is 12.1 Å². The number of benzene rings is 2. The first-order valence-corrected chi connectivity index (χ1v) is 9.34. The van der Waals surface area contributed by atoms with Gasteiger partial charge in [-0.1, -0.05) is 6.07 Å². The van der Waals surface area contributed by atoms with Gasteiger partial charge in [0.25, 0.3) is 5.91 Å². The standard InChI is InChI=1S/C17H17NO5S/c1-24(20,21)14-5-2-4-13(11-14)18-17(19)12-6-7-15-16(10-12)23-9-3-8-22-15/h2,4-7,10-11H,3,8-9H2,1H3,(H,18,19). The molecule has 126 valence electrons. The molecule has 1 amide bonds. The van der Waals surface area contributed by atoms with Crippen LogP contribution in [0.3, 0.4) is 0 Å². The molecule has 7 heteroatoms. The van der Waals surface area contributed by atoms with Crippen LogP contribution >= 0.6 is 0 Å². The third-order valence-electron chi connectivity index (χ3n) is 3.53. The summed E-state index contributed by atoms with van der Waals surface area (Å²) < 4.78 is 34.3. The van der Waals surface area contributed by atoms with Crippen LogP contribution in [0.1, 0.15) is 16.8 Å². The molecule has 2 aromatic rings. The van der Waals surface area contributed by atoms with Crippen LogP contribution in [0.4, 0.5) is 5.69 Å². The van der Waals surface area contributed by atoms with Gasteiger partial charge in [0.1, 0.15) is 0 Å². The van der Waals surface area contributed by atoms with E-state index in [2.05, 4.69) is 5.32 Å². The maximum absolute atomic E-state index is 12.4. The second-order valence-corrected chi connectivity index (χ2v) is 7.48. The summed E-state index contributed by atoms with van der Waals surface area (Å²) >= 11 is 0. The first-order chi connectivity index (χ1) is 11.4. The van der Waals surface area contributed by atoms with Crippen molar-refractivity contribution in [2.75, 3.05) is 24.8 Å². The quantitative estimate of drug-likeness (QED) is 0.922. The van der Waals surface area contributed by atoms with Crippen molar-refractivity contribution in [3.8, 4) is 11.5 Å². The summed E-state index contributed by atoms with van der Waals surface area (Å²) in [7, 11) is -3.33. The Balaban J connectivity index is 1.82. The second-order valence-electron chi connectivity index (χ2n) is 5.47. The number of hydrogen-bond acceptors (Lipinski definition) is 5. The Morgan fingerprint density at radius 3 is 2.54 bits per heavy atom. The Hall–Kier alpha value is -2.54. The third-order valence-corrected chi connectivity index (χ3v) is 4.64. The van der Waals surface area contributed by atoms with Crippen molar-refractivity contribution in [3.63, 3.8) is 0 Å². The van der Waals surface area contributed by atoms with E-state index in [0.717, 1.165) is 12.7 Å². The fourth-order valence-electron chi connectivity index (χ4n) is 2.31. The number of carbonyl (C=O) groups excluding carboxylic acids is 1. The zero-order chi connectivity index (χ0) is 17.2. The van der Waals surface area contributed by atoms with Gasteiger partial charge in [0.2, 0.25) is 0 Å². The monoisotopic (exact) mass is 347 g/mol. The van der Waals surface area contributed by atoms with Crippen LogP contribution in [0.5, 0.6) is 11.5 Å². The Kier molecular flexibility index (Phi) is 4.44. The molecule has 1 heterocycles. The highest BCUT2D eigenvalue weighted by molar-refractivity contribution is 7.90. The van der Waals surface area contributed by atoms with Crippen LogP contribution in [0.2, 0.25) is 0 Å². The molecule has 0 saturated carbocycles. The van der Waals surface area contributed by atoms with Crippen molar-refractivity contribution in [3.05, 3.63) is 48.0 Å². The van der Waals surface area contributed by atoms with Crippen LogP contribution in [0.15, 0.2) is 47.4 Å². The van der Waals surface area contributed by atoms with Crippen LogP contribution in [0.25, 0.3) is 0 Å². The fraction of sp³-hybridized carbons (Fsp3) is 0.235. The number of carbonyl (C=O) groups is 1. The van der Waals surface area contributed by atoms with E-state index >= 15 is 0 Å². The van der Waals surface area contributed by atoms with E-state index in [-0.39, 0.29) is 10.8 Å². The molecule has 0 unspecified atom stereocenters. The molecule has 6 nitrogen and oxygen atoms in total. The Morgan fingerprint density at radius 2 is 1.79 bits per heavy atom. The van der Waals surface area contributed by atoms with Crippen LogP contribution < -0.4 is 14.8 Å². The number of fused-ring (bicyclic) bond motifs is 1. The molecule has 0 radical (unpaired) electrons. The molecule has 0 bridgehead atoms. The van der Waals surface area contributed by atoms with Gasteiger partial charge in [-0.05, 0) is 36.4 Å². The molecule has 1 aliphatic rings. The van der Waals surface area contributed by atoms with Crippen molar-refractivity contribution in [1.29, 1.82) is 0 Å². The lowest BCUT2D eigenvalue weighted by Gasteiger charge is -2.10. The molecule has 0 spiro atoms. The molecule has 0 aromatic heterocycles. The lowest BCUT2D eigenvalue weighted by molar-refractivity contribution is 0.102. The van der Waals surface area contributed by atoms with E-state index in [0.29, 0.717) is 36.0 Å². The minimum absolute atomic E-state index is 0.152. The molecule has 1 N–H and O–H groups in total. The predicted octanol–water partition coefficient (Wildman–Crippen LogP) is 2.50. The van der Waals surface area contributed by atoms with Crippen LogP contribution in [-0.4, -0.2) is 33.8 Å². The summed E-state index contributed by atoms with van der Waals surface area (Å²) in [6.45, 7) is 1.12. The van der Waals surface area contributed by atoms with Gasteiger partial charge in [0.15, 0.2) is 21.3 Å². The van der Waals surface area contributed by atoms with Gasteiger partial charge in [-0.2, -0.15) is 0 Å². The van der Waals surface area contributed by atoms with Gasteiger partial charge < -0.3 is 14.8 Å². The van der Waals surface area contributed by atoms with Crippen molar-refractivity contribution in [2.24, 2.45) is 0 Å². The maximum Gasteiger partial charge on any atom is 0.255 e. The zero-order valence-electron chi connectivity index (χ0n) is 13.1. The molecule has 0 atom stereocenters. The molecule has 3 rings (SSSR count). The number of amides is 1.